The molecule has 11 aromatic rings. The van der Waals surface area contributed by atoms with Gasteiger partial charge in [-0.15, -0.1) is 0 Å². The SMILES string of the molecule is [2H]c1c([2H])c([2H])c2c(-c3cccc4cc(-c5cccc6oc7c8ccccc8ccc7c56)ccc34)c3c([2H])c([2H])c([2H])c([2H])c3c(-c3ccc4ccccc4c3)c2c1[2H]. The first kappa shape index (κ1) is 21.4. The summed E-state index contributed by atoms with van der Waals surface area (Å²) in [5, 5.41) is 8.36. The number of hydrogen-bond acceptors (Lipinski definition) is 1. The third-order valence-electron chi connectivity index (χ3n) is 10.3. The Hall–Kier alpha value is -6.70. The van der Waals surface area contributed by atoms with E-state index in [2.05, 4.69) is 36.4 Å². The van der Waals surface area contributed by atoms with Crippen LogP contribution in [-0.4, -0.2) is 0 Å². The van der Waals surface area contributed by atoms with Crippen molar-refractivity contribution in [1.29, 1.82) is 0 Å². The molecule has 1 heteroatoms. The molecule has 0 amide bonds. The molecular formula is C50H30O. The van der Waals surface area contributed by atoms with E-state index >= 15 is 0 Å². The minimum Gasteiger partial charge on any atom is -0.455 e. The molecule has 0 radical (unpaired) electrons. The van der Waals surface area contributed by atoms with Gasteiger partial charge in [0.1, 0.15) is 11.2 Å². The second-order valence-corrected chi connectivity index (χ2v) is 13.0. The molecule has 0 aliphatic heterocycles. The maximum Gasteiger partial charge on any atom is 0.143 e. The zero-order valence-electron chi connectivity index (χ0n) is 35.1. The van der Waals surface area contributed by atoms with Gasteiger partial charge in [0.25, 0.3) is 0 Å². The highest BCUT2D eigenvalue weighted by Gasteiger charge is 2.19. The predicted octanol–water partition coefficient (Wildman–Crippen LogP) is 14.4. The van der Waals surface area contributed by atoms with Crippen LogP contribution in [0.4, 0.5) is 0 Å². The molecule has 0 atom stereocenters. The van der Waals surface area contributed by atoms with Crippen LogP contribution in [-0.2, 0) is 0 Å². The van der Waals surface area contributed by atoms with Gasteiger partial charge in [-0.05, 0) is 106 Å². The highest BCUT2D eigenvalue weighted by atomic mass is 16.3. The van der Waals surface area contributed by atoms with E-state index in [9.17, 15) is 5.48 Å². The van der Waals surface area contributed by atoms with E-state index < -0.39 is 24.2 Å². The molecule has 11 rings (SSSR count). The minimum atomic E-state index is -0.427. The number of benzene rings is 10. The smallest absolute Gasteiger partial charge is 0.143 e. The maximum atomic E-state index is 9.44. The van der Waals surface area contributed by atoms with Gasteiger partial charge in [-0.1, -0.05) is 158 Å². The molecule has 0 bridgehead atoms. The van der Waals surface area contributed by atoms with Crippen LogP contribution in [0.1, 0.15) is 11.0 Å². The summed E-state index contributed by atoms with van der Waals surface area (Å²) in [5.41, 5.74) is 5.36. The lowest BCUT2D eigenvalue weighted by Gasteiger charge is -2.19. The summed E-state index contributed by atoms with van der Waals surface area (Å²) in [6.45, 7) is 0. The number of furan rings is 1. The first-order chi connectivity index (χ1) is 28.6. The lowest BCUT2D eigenvalue weighted by molar-refractivity contribution is 0.673. The molecular weight excluding hydrogens is 617 g/mol. The van der Waals surface area contributed by atoms with E-state index in [0.29, 0.717) is 22.3 Å². The molecule has 1 heterocycles. The van der Waals surface area contributed by atoms with Crippen molar-refractivity contribution in [2.24, 2.45) is 0 Å². The van der Waals surface area contributed by atoms with E-state index in [1.165, 1.54) is 0 Å². The van der Waals surface area contributed by atoms with E-state index in [0.717, 1.165) is 65.4 Å². The van der Waals surface area contributed by atoms with Crippen LogP contribution in [0.15, 0.2) is 186 Å². The van der Waals surface area contributed by atoms with Crippen molar-refractivity contribution in [2.45, 2.75) is 0 Å². The van der Waals surface area contributed by atoms with Crippen molar-refractivity contribution in [3.05, 3.63) is 182 Å². The third-order valence-corrected chi connectivity index (χ3v) is 10.3. The Morgan fingerprint density at radius 1 is 0.373 bits per heavy atom. The second-order valence-electron chi connectivity index (χ2n) is 13.0. The molecule has 0 fully saturated rings. The zero-order valence-corrected chi connectivity index (χ0v) is 27.1. The van der Waals surface area contributed by atoms with Crippen LogP contribution < -0.4 is 0 Å². The van der Waals surface area contributed by atoms with Gasteiger partial charge in [-0.2, -0.15) is 0 Å². The molecule has 0 unspecified atom stereocenters. The van der Waals surface area contributed by atoms with Gasteiger partial charge in [0, 0.05) is 16.2 Å². The molecule has 0 aliphatic rings. The number of fused-ring (bicyclic) bond motifs is 9. The minimum absolute atomic E-state index is 0.190. The van der Waals surface area contributed by atoms with E-state index in [1.807, 2.05) is 97.1 Å². The van der Waals surface area contributed by atoms with Gasteiger partial charge in [-0.25, -0.2) is 0 Å². The Morgan fingerprint density at radius 2 is 0.961 bits per heavy atom. The summed E-state index contributed by atoms with van der Waals surface area (Å²) in [7, 11) is 0. The molecule has 51 heavy (non-hydrogen) atoms. The molecule has 0 N–H and O–H groups in total. The van der Waals surface area contributed by atoms with E-state index in [4.69, 9.17) is 9.90 Å². The predicted molar refractivity (Wildman–Crippen MR) is 218 cm³/mol. The topological polar surface area (TPSA) is 13.1 Å². The summed E-state index contributed by atoms with van der Waals surface area (Å²) in [5.74, 6) is 0. The zero-order chi connectivity index (χ0) is 40.4. The van der Waals surface area contributed by atoms with Crippen molar-refractivity contribution in [3.8, 4) is 33.4 Å². The summed E-state index contributed by atoms with van der Waals surface area (Å²) < 4.78 is 79.6. The van der Waals surface area contributed by atoms with Gasteiger partial charge in [-0.3, -0.25) is 0 Å². The summed E-state index contributed by atoms with van der Waals surface area (Å²) >= 11 is 0. The monoisotopic (exact) mass is 654 g/mol. The second kappa shape index (κ2) is 10.9. The fourth-order valence-electron chi connectivity index (χ4n) is 7.99. The van der Waals surface area contributed by atoms with E-state index in [1.54, 1.807) is 0 Å². The van der Waals surface area contributed by atoms with Gasteiger partial charge < -0.3 is 4.42 Å². The molecule has 0 aliphatic carbocycles. The van der Waals surface area contributed by atoms with Crippen molar-refractivity contribution in [1.82, 2.24) is 0 Å². The Balaban J connectivity index is 1.24. The van der Waals surface area contributed by atoms with E-state index in [-0.39, 0.29) is 45.7 Å². The van der Waals surface area contributed by atoms with Crippen molar-refractivity contribution in [3.63, 3.8) is 0 Å². The molecule has 236 valence electrons. The lowest BCUT2D eigenvalue weighted by Crippen LogP contribution is -1.92. The molecule has 0 saturated carbocycles. The Morgan fingerprint density at radius 3 is 1.76 bits per heavy atom. The lowest BCUT2D eigenvalue weighted by atomic mass is 9.84. The largest absolute Gasteiger partial charge is 0.455 e. The molecule has 1 aromatic heterocycles. The van der Waals surface area contributed by atoms with Gasteiger partial charge in [0.2, 0.25) is 0 Å². The first-order valence-corrected chi connectivity index (χ1v) is 16.9. The van der Waals surface area contributed by atoms with Crippen LogP contribution in [0, 0.1) is 0 Å². The quantitative estimate of drug-likeness (QED) is 0.173. The fraction of sp³-hybridized carbons (Fsp3) is 0. The van der Waals surface area contributed by atoms with Crippen LogP contribution in [0.3, 0.4) is 0 Å². The normalized spacial score (nSPS) is 14.1. The summed E-state index contributed by atoms with van der Waals surface area (Å²) in [6, 6.07) is 40.9. The summed E-state index contributed by atoms with van der Waals surface area (Å²) in [6.07, 6.45) is 0. The van der Waals surface area contributed by atoms with Gasteiger partial charge >= 0.3 is 0 Å². The molecule has 0 spiro atoms. The fourth-order valence-corrected chi connectivity index (χ4v) is 7.99. The van der Waals surface area contributed by atoms with Crippen LogP contribution >= 0.6 is 0 Å². The third kappa shape index (κ3) is 4.22. The maximum absolute atomic E-state index is 9.44. The van der Waals surface area contributed by atoms with Crippen LogP contribution in [0.25, 0.3) is 109 Å². The Bertz CT molecular complexity index is 3580. The van der Waals surface area contributed by atoms with Gasteiger partial charge in [0.05, 0.1) is 11.0 Å². The number of hydrogen-bond donors (Lipinski definition) is 0. The molecule has 0 saturated heterocycles. The van der Waals surface area contributed by atoms with Crippen molar-refractivity contribution < 1.29 is 15.4 Å². The Labute approximate surface area is 305 Å². The molecule has 10 aromatic carbocycles. The van der Waals surface area contributed by atoms with Crippen LogP contribution in [0.5, 0.6) is 0 Å². The van der Waals surface area contributed by atoms with Crippen LogP contribution in [0.2, 0.25) is 0 Å². The van der Waals surface area contributed by atoms with Crippen molar-refractivity contribution in [2.75, 3.05) is 0 Å². The van der Waals surface area contributed by atoms with Crippen molar-refractivity contribution >= 4 is 75.8 Å². The highest BCUT2D eigenvalue weighted by Crippen LogP contribution is 2.46. The van der Waals surface area contributed by atoms with Gasteiger partial charge in [0.15, 0.2) is 0 Å². The average molecular weight is 655 g/mol. The first-order valence-electron chi connectivity index (χ1n) is 20.9. The standard InChI is InChI=1S/C50H30O/c1-2-13-33-29-36(24-23-31(33)11-1)47-41-16-5-7-18-43(41)48(44-19-8-6-17-42(44)47)40-21-9-14-34-30-35(26-27-37(34)40)38-20-10-22-46-49(38)45-28-25-32-12-3-4-15-39(32)50(45)51-46/h1-30H/i5D,6D,7D,8D,16D,17D,18D,19D. The Kier molecular flexibility index (Phi) is 4.57. The molecule has 1 nitrogen and oxygen atoms in total. The average Bonchev–Trinajstić information content (AvgIpc) is 3.67. The highest BCUT2D eigenvalue weighted by molar-refractivity contribution is 6.24. The summed E-state index contributed by atoms with van der Waals surface area (Å²) in [4.78, 5) is 0. The number of rotatable bonds is 3.